The van der Waals surface area contributed by atoms with Crippen LogP contribution in [-0.4, -0.2) is 35.7 Å². The van der Waals surface area contributed by atoms with Crippen LogP contribution in [0.2, 0.25) is 0 Å². The molecule has 1 saturated carbocycles. The van der Waals surface area contributed by atoms with Crippen LogP contribution in [-0.2, 0) is 0 Å². The third-order valence-corrected chi connectivity index (χ3v) is 3.86. The van der Waals surface area contributed by atoms with Crippen LogP contribution >= 0.6 is 0 Å². The number of hydrogen-bond donors (Lipinski definition) is 1. The number of rotatable bonds is 4. The van der Waals surface area contributed by atoms with Crippen molar-refractivity contribution in [1.29, 1.82) is 0 Å². The van der Waals surface area contributed by atoms with Crippen LogP contribution in [0, 0.1) is 17.8 Å². The Hall–Kier alpha value is -0.0800. The van der Waals surface area contributed by atoms with E-state index in [2.05, 4.69) is 18.7 Å². The van der Waals surface area contributed by atoms with Gasteiger partial charge in [-0.25, -0.2) is 0 Å². The average Bonchev–Trinajstić information content (AvgIpc) is 2.87. The SMILES string of the molecule is CC(C)C1CCN(CC(O)C2CC2)C1. The molecule has 0 amide bonds. The lowest BCUT2D eigenvalue weighted by atomic mass is 9.95. The minimum absolute atomic E-state index is 0.0408. The van der Waals surface area contributed by atoms with Gasteiger partial charge in [0, 0.05) is 13.1 Å². The molecule has 0 radical (unpaired) electrons. The molecule has 0 aromatic rings. The summed E-state index contributed by atoms with van der Waals surface area (Å²) in [5.41, 5.74) is 0. The fourth-order valence-corrected chi connectivity index (χ4v) is 2.47. The minimum Gasteiger partial charge on any atom is -0.392 e. The number of aliphatic hydroxyl groups is 1. The fourth-order valence-electron chi connectivity index (χ4n) is 2.47. The van der Waals surface area contributed by atoms with Crippen molar-refractivity contribution in [3.05, 3.63) is 0 Å². The molecule has 0 bridgehead atoms. The summed E-state index contributed by atoms with van der Waals surface area (Å²) in [7, 11) is 0. The van der Waals surface area contributed by atoms with Gasteiger partial charge in [-0.1, -0.05) is 13.8 Å². The van der Waals surface area contributed by atoms with E-state index in [-0.39, 0.29) is 6.10 Å². The Bertz CT molecular complexity index is 189. The summed E-state index contributed by atoms with van der Waals surface area (Å²) in [4.78, 5) is 2.45. The predicted octanol–water partition coefficient (Wildman–Crippen LogP) is 1.74. The summed E-state index contributed by atoms with van der Waals surface area (Å²) < 4.78 is 0. The second kappa shape index (κ2) is 4.19. The zero-order valence-electron chi connectivity index (χ0n) is 9.45. The first-order chi connectivity index (χ1) is 6.66. The maximum Gasteiger partial charge on any atom is 0.0695 e. The first-order valence-corrected chi connectivity index (χ1v) is 6.07. The highest BCUT2D eigenvalue weighted by molar-refractivity contribution is 4.85. The van der Waals surface area contributed by atoms with E-state index in [1.807, 2.05) is 0 Å². The second-order valence-corrected chi connectivity index (χ2v) is 5.46. The van der Waals surface area contributed by atoms with Crippen molar-refractivity contribution < 1.29 is 5.11 Å². The van der Waals surface area contributed by atoms with Gasteiger partial charge in [-0.2, -0.15) is 0 Å². The second-order valence-electron chi connectivity index (χ2n) is 5.46. The molecule has 2 rings (SSSR count). The standard InChI is InChI=1S/C12H23NO/c1-9(2)11-5-6-13(7-11)8-12(14)10-3-4-10/h9-12,14H,3-8H2,1-2H3. The Labute approximate surface area is 87.3 Å². The Morgan fingerprint density at radius 3 is 2.43 bits per heavy atom. The van der Waals surface area contributed by atoms with Gasteiger partial charge in [0.25, 0.3) is 0 Å². The van der Waals surface area contributed by atoms with Gasteiger partial charge in [0.15, 0.2) is 0 Å². The summed E-state index contributed by atoms with van der Waals surface area (Å²) in [5.74, 6) is 2.30. The van der Waals surface area contributed by atoms with Crippen molar-refractivity contribution in [2.75, 3.05) is 19.6 Å². The van der Waals surface area contributed by atoms with E-state index in [4.69, 9.17) is 0 Å². The highest BCUT2D eigenvalue weighted by atomic mass is 16.3. The van der Waals surface area contributed by atoms with Gasteiger partial charge in [0.05, 0.1) is 6.10 Å². The summed E-state index contributed by atoms with van der Waals surface area (Å²) in [6.45, 7) is 7.96. The summed E-state index contributed by atoms with van der Waals surface area (Å²) in [5, 5.41) is 9.83. The van der Waals surface area contributed by atoms with Gasteiger partial charge in [0.2, 0.25) is 0 Å². The number of likely N-dealkylation sites (tertiary alicyclic amines) is 1. The van der Waals surface area contributed by atoms with Gasteiger partial charge in [0.1, 0.15) is 0 Å². The van der Waals surface area contributed by atoms with Crippen LogP contribution in [0.1, 0.15) is 33.1 Å². The summed E-state index contributed by atoms with van der Waals surface area (Å²) in [6, 6.07) is 0. The molecule has 14 heavy (non-hydrogen) atoms. The first-order valence-electron chi connectivity index (χ1n) is 6.07. The van der Waals surface area contributed by atoms with Crippen molar-refractivity contribution in [1.82, 2.24) is 4.90 Å². The fraction of sp³-hybridized carbons (Fsp3) is 1.00. The summed E-state index contributed by atoms with van der Waals surface area (Å²) >= 11 is 0. The Morgan fingerprint density at radius 2 is 1.93 bits per heavy atom. The molecule has 1 N–H and O–H groups in total. The average molecular weight is 197 g/mol. The first kappa shape index (κ1) is 10.4. The smallest absolute Gasteiger partial charge is 0.0695 e. The van der Waals surface area contributed by atoms with E-state index in [0.29, 0.717) is 5.92 Å². The highest BCUT2D eigenvalue weighted by Crippen LogP contribution is 2.33. The molecule has 82 valence electrons. The lowest BCUT2D eigenvalue weighted by Crippen LogP contribution is -2.32. The molecule has 2 aliphatic rings. The van der Waals surface area contributed by atoms with Crippen LogP contribution < -0.4 is 0 Å². The lowest BCUT2D eigenvalue weighted by Gasteiger charge is -2.20. The Balaban J connectivity index is 1.72. The molecular formula is C12H23NO. The van der Waals surface area contributed by atoms with Crippen LogP contribution in [0.15, 0.2) is 0 Å². The van der Waals surface area contributed by atoms with E-state index < -0.39 is 0 Å². The number of β-amino-alcohol motifs (C(OH)–C–C–N with tert-alkyl or cyclic N) is 1. The molecule has 0 spiro atoms. The van der Waals surface area contributed by atoms with E-state index in [1.54, 1.807) is 0 Å². The zero-order chi connectivity index (χ0) is 10.1. The van der Waals surface area contributed by atoms with Crippen molar-refractivity contribution >= 4 is 0 Å². The van der Waals surface area contributed by atoms with Crippen LogP contribution in [0.3, 0.4) is 0 Å². The van der Waals surface area contributed by atoms with Gasteiger partial charge < -0.3 is 10.0 Å². The van der Waals surface area contributed by atoms with Crippen molar-refractivity contribution in [2.24, 2.45) is 17.8 Å². The number of nitrogens with zero attached hydrogens (tertiary/aromatic N) is 1. The highest BCUT2D eigenvalue weighted by Gasteiger charge is 2.33. The molecular weight excluding hydrogens is 174 g/mol. The molecule has 2 unspecified atom stereocenters. The van der Waals surface area contributed by atoms with Crippen molar-refractivity contribution in [3.8, 4) is 0 Å². The van der Waals surface area contributed by atoms with Crippen molar-refractivity contribution in [2.45, 2.75) is 39.2 Å². The topological polar surface area (TPSA) is 23.5 Å². The quantitative estimate of drug-likeness (QED) is 0.742. The molecule has 1 aliphatic heterocycles. The number of hydrogen-bond acceptors (Lipinski definition) is 2. The molecule has 1 saturated heterocycles. The lowest BCUT2D eigenvalue weighted by molar-refractivity contribution is 0.103. The molecule has 2 nitrogen and oxygen atoms in total. The minimum atomic E-state index is -0.0408. The molecule has 0 aromatic heterocycles. The molecule has 0 aromatic carbocycles. The Morgan fingerprint density at radius 1 is 1.21 bits per heavy atom. The van der Waals surface area contributed by atoms with E-state index in [9.17, 15) is 5.11 Å². The normalized spacial score (nSPS) is 31.3. The third kappa shape index (κ3) is 2.48. The monoisotopic (exact) mass is 197 g/mol. The molecule has 1 heterocycles. The van der Waals surface area contributed by atoms with Crippen LogP contribution in [0.4, 0.5) is 0 Å². The maximum absolute atomic E-state index is 9.83. The van der Waals surface area contributed by atoms with Crippen LogP contribution in [0.25, 0.3) is 0 Å². The maximum atomic E-state index is 9.83. The van der Waals surface area contributed by atoms with Gasteiger partial charge in [-0.05, 0) is 43.6 Å². The van der Waals surface area contributed by atoms with Gasteiger partial charge in [-0.15, -0.1) is 0 Å². The molecule has 2 fully saturated rings. The van der Waals surface area contributed by atoms with Gasteiger partial charge in [-0.3, -0.25) is 0 Å². The van der Waals surface area contributed by atoms with Gasteiger partial charge >= 0.3 is 0 Å². The molecule has 1 aliphatic carbocycles. The van der Waals surface area contributed by atoms with Crippen LogP contribution in [0.5, 0.6) is 0 Å². The Kier molecular flexibility index (Phi) is 3.13. The van der Waals surface area contributed by atoms with Crippen molar-refractivity contribution in [3.63, 3.8) is 0 Å². The van der Waals surface area contributed by atoms with E-state index in [0.717, 1.165) is 18.4 Å². The predicted molar refractivity (Wildman–Crippen MR) is 58.1 cm³/mol. The molecule has 2 heteroatoms. The summed E-state index contributed by atoms with van der Waals surface area (Å²) in [6.07, 6.45) is 3.79. The number of aliphatic hydroxyl groups excluding tert-OH is 1. The zero-order valence-corrected chi connectivity index (χ0v) is 9.45. The molecule has 2 atom stereocenters. The largest absolute Gasteiger partial charge is 0.392 e. The van der Waals surface area contributed by atoms with E-state index >= 15 is 0 Å². The third-order valence-electron chi connectivity index (χ3n) is 3.86. The van der Waals surface area contributed by atoms with E-state index in [1.165, 1.54) is 32.4 Å².